The van der Waals surface area contributed by atoms with Gasteiger partial charge in [0.1, 0.15) is 0 Å². The third-order valence-corrected chi connectivity index (χ3v) is 4.96. The molecule has 1 amide bonds. The summed E-state index contributed by atoms with van der Waals surface area (Å²) in [4.78, 5) is 13.7. The Bertz CT molecular complexity index is 506. The predicted octanol–water partition coefficient (Wildman–Crippen LogP) is 2.77. The average molecular weight is 302 g/mol. The van der Waals surface area contributed by atoms with E-state index in [-0.39, 0.29) is 12.0 Å². The van der Waals surface area contributed by atoms with Crippen LogP contribution in [0.5, 0.6) is 0 Å². The van der Waals surface area contributed by atoms with E-state index in [0.717, 1.165) is 44.3 Å². The molecule has 3 rings (SSSR count). The summed E-state index contributed by atoms with van der Waals surface area (Å²) in [6.45, 7) is 3.03. The maximum atomic E-state index is 11.8. The van der Waals surface area contributed by atoms with Crippen molar-refractivity contribution < 1.29 is 9.90 Å². The van der Waals surface area contributed by atoms with E-state index < -0.39 is 0 Å². The summed E-state index contributed by atoms with van der Waals surface area (Å²) in [7, 11) is 0. The first-order chi connectivity index (χ1) is 10.6. The number of anilines is 1. The van der Waals surface area contributed by atoms with E-state index in [1.165, 1.54) is 5.56 Å². The molecule has 1 atom stereocenters. The molecule has 120 valence electrons. The quantitative estimate of drug-likeness (QED) is 0.899. The lowest BCUT2D eigenvalue weighted by Crippen LogP contribution is -2.36. The smallest absolute Gasteiger partial charge is 0.227 e. The Morgan fingerprint density at radius 3 is 2.45 bits per heavy atom. The van der Waals surface area contributed by atoms with Gasteiger partial charge in [-0.25, -0.2) is 0 Å². The lowest BCUT2D eigenvalue weighted by Gasteiger charge is -2.29. The SMILES string of the molecule is CC(NC1CCC(O)CC1)c1ccc(N2CCCC2=O)cc1. The highest BCUT2D eigenvalue weighted by Gasteiger charge is 2.23. The largest absolute Gasteiger partial charge is 0.393 e. The number of hydrogen-bond acceptors (Lipinski definition) is 3. The molecule has 1 aliphatic heterocycles. The van der Waals surface area contributed by atoms with Crippen LogP contribution in [0.25, 0.3) is 0 Å². The van der Waals surface area contributed by atoms with Crippen LogP contribution in [0.15, 0.2) is 24.3 Å². The van der Waals surface area contributed by atoms with Gasteiger partial charge in [0.05, 0.1) is 6.10 Å². The second-order valence-corrected chi connectivity index (χ2v) is 6.63. The van der Waals surface area contributed by atoms with E-state index in [9.17, 15) is 9.90 Å². The number of nitrogens with one attached hydrogen (secondary N) is 1. The minimum Gasteiger partial charge on any atom is -0.393 e. The maximum Gasteiger partial charge on any atom is 0.227 e. The van der Waals surface area contributed by atoms with E-state index >= 15 is 0 Å². The summed E-state index contributed by atoms with van der Waals surface area (Å²) < 4.78 is 0. The van der Waals surface area contributed by atoms with Crippen molar-refractivity contribution in [1.29, 1.82) is 0 Å². The lowest BCUT2D eigenvalue weighted by atomic mass is 9.92. The summed E-state index contributed by atoms with van der Waals surface area (Å²) in [5, 5.41) is 13.2. The van der Waals surface area contributed by atoms with E-state index in [4.69, 9.17) is 0 Å². The third kappa shape index (κ3) is 3.50. The van der Waals surface area contributed by atoms with Crippen LogP contribution in [0.1, 0.15) is 57.1 Å². The van der Waals surface area contributed by atoms with E-state index in [1.807, 2.05) is 4.90 Å². The molecule has 0 radical (unpaired) electrons. The second-order valence-electron chi connectivity index (χ2n) is 6.63. The van der Waals surface area contributed by atoms with Crippen LogP contribution in [0, 0.1) is 0 Å². The van der Waals surface area contributed by atoms with Crippen LogP contribution in [-0.4, -0.2) is 29.7 Å². The van der Waals surface area contributed by atoms with Gasteiger partial charge in [0.25, 0.3) is 0 Å². The Morgan fingerprint density at radius 2 is 1.86 bits per heavy atom. The number of carbonyl (C=O) groups is 1. The minimum absolute atomic E-state index is 0.106. The van der Waals surface area contributed by atoms with Gasteiger partial charge in [0, 0.05) is 30.7 Å². The van der Waals surface area contributed by atoms with Gasteiger partial charge in [-0.3, -0.25) is 4.79 Å². The number of aliphatic hydroxyl groups is 1. The van der Waals surface area contributed by atoms with Crippen LogP contribution in [-0.2, 0) is 4.79 Å². The zero-order chi connectivity index (χ0) is 15.5. The van der Waals surface area contributed by atoms with Gasteiger partial charge in [0.15, 0.2) is 0 Å². The second kappa shape index (κ2) is 6.80. The molecular formula is C18H26N2O2. The van der Waals surface area contributed by atoms with Crippen molar-refractivity contribution in [2.45, 2.75) is 63.6 Å². The van der Waals surface area contributed by atoms with Gasteiger partial charge in [0.2, 0.25) is 5.91 Å². The summed E-state index contributed by atoms with van der Waals surface area (Å²) >= 11 is 0. The van der Waals surface area contributed by atoms with Crippen LogP contribution in [0.4, 0.5) is 5.69 Å². The average Bonchev–Trinajstić information content (AvgIpc) is 2.96. The number of rotatable bonds is 4. The van der Waals surface area contributed by atoms with Crippen molar-refractivity contribution in [2.75, 3.05) is 11.4 Å². The molecule has 4 nitrogen and oxygen atoms in total. The topological polar surface area (TPSA) is 52.6 Å². The highest BCUT2D eigenvalue weighted by atomic mass is 16.3. The molecule has 1 aromatic rings. The number of benzene rings is 1. The fourth-order valence-electron chi connectivity index (χ4n) is 3.56. The third-order valence-electron chi connectivity index (χ3n) is 4.96. The van der Waals surface area contributed by atoms with Gasteiger partial charge < -0.3 is 15.3 Å². The molecule has 2 aliphatic rings. The standard InChI is InChI=1S/C18H26N2O2/c1-13(19-15-6-10-17(21)11-7-15)14-4-8-16(9-5-14)20-12-2-3-18(20)22/h4-5,8-9,13,15,17,19,21H,2-3,6-7,10-12H2,1H3. The van der Waals surface area contributed by atoms with Gasteiger partial charge in [-0.2, -0.15) is 0 Å². The lowest BCUT2D eigenvalue weighted by molar-refractivity contribution is -0.117. The first-order valence-electron chi connectivity index (χ1n) is 8.48. The van der Waals surface area contributed by atoms with Crippen molar-refractivity contribution in [2.24, 2.45) is 0 Å². The molecule has 1 aromatic carbocycles. The number of amides is 1. The zero-order valence-electron chi connectivity index (χ0n) is 13.3. The summed E-state index contributed by atoms with van der Waals surface area (Å²) in [6, 6.07) is 9.15. The fourth-order valence-corrected chi connectivity index (χ4v) is 3.56. The fraction of sp³-hybridized carbons (Fsp3) is 0.611. The minimum atomic E-state index is -0.106. The first kappa shape index (κ1) is 15.5. The van der Waals surface area contributed by atoms with Crippen LogP contribution >= 0.6 is 0 Å². The Kier molecular flexibility index (Phi) is 4.79. The molecule has 1 unspecified atom stereocenters. The molecule has 1 aliphatic carbocycles. The molecule has 1 saturated heterocycles. The number of aliphatic hydroxyl groups excluding tert-OH is 1. The Labute approximate surface area is 132 Å². The maximum absolute atomic E-state index is 11.8. The van der Waals surface area contributed by atoms with Crippen molar-refractivity contribution >= 4 is 11.6 Å². The van der Waals surface area contributed by atoms with Gasteiger partial charge in [-0.15, -0.1) is 0 Å². The van der Waals surface area contributed by atoms with Gasteiger partial charge >= 0.3 is 0 Å². The highest BCUT2D eigenvalue weighted by Crippen LogP contribution is 2.25. The molecule has 0 aromatic heterocycles. The molecule has 0 bridgehead atoms. The molecule has 2 fully saturated rings. The van der Waals surface area contributed by atoms with Crippen LogP contribution in [0.3, 0.4) is 0 Å². The van der Waals surface area contributed by atoms with Crippen LogP contribution in [0.2, 0.25) is 0 Å². The first-order valence-corrected chi connectivity index (χ1v) is 8.48. The van der Waals surface area contributed by atoms with Crippen LogP contribution < -0.4 is 10.2 Å². The molecule has 1 saturated carbocycles. The molecule has 22 heavy (non-hydrogen) atoms. The Morgan fingerprint density at radius 1 is 1.18 bits per heavy atom. The summed E-state index contributed by atoms with van der Waals surface area (Å²) in [5.41, 5.74) is 2.26. The van der Waals surface area contributed by atoms with Gasteiger partial charge in [-0.1, -0.05) is 12.1 Å². The van der Waals surface area contributed by atoms with Crippen molar-refractivity contribution in [3.63, 3.8) is 0 Å². The monoisotopic (exact) mass is 302 g/mol. The summed E-state index contributed by atoms with van der Waals surface area (Å²) in [5.74, 6) is 0.236. The highest BCUT2D eigenvalue weighted by molar-refractivity contribution is 5.95. The van der Waals surface area contributed by atoms with E-state index in [2.05, 4.69) is 36.5 Å². The van der Waals surface area contributed by atoms with E-state index in [0.29, 0.717) is 18.5 Å². The zero-order valence-corrected chi connectivity index (χ0v) is 13.3. The van der Waals surface area contributed by atoms with Crippen molar-refractivity contribution in [3.05, 3.63) is 29.8 Å². The molecular weight excluding hydrogens is 276 g/mol. The number of carbonyl (C=O) groups excluding carboxylic acids is 1. The molecule has 0 spiro atoms. The molecule has 2 N–H and O–H groups in total. The Balaban J connectivity index is 1.58. The number of hydrogen-bond donors (Lipinski definition) is 2. The summed E-state index contributed by atoms with van der Waals surface area (Å²) in [6.07, 6.45) is 5.43. The number of nitrogens with zero attached hydrogens (tertiary/aromatic N) is 1. The normalized spacial score (nSPS) is 27.2. The Hall–Kier alpha value is -1.39. The van der Waals surface area contributed by atoms with Crippen molar-refractivity contribution in [1.82, 2.24) is 5.32 Å². The van der Waals surface area contributed by atoms with Crippen molar-refractivity contribution in [3.8, 4) is 0 Å². The predicted molar refractivity (Wildman–Crippen MR) is 87.8 cm³/mol. The molecule has 4 heteroatoms. The molecule has 1 heterocycles. The van der Waals surface area contributed by atoms with E-state index in [1.54, 1.807) is 0 Å². The van der Waals surface area contributed by atoms with Gasteiger partial charge in [-0.05, 0) is 56.7 Å².